The lowest BCUT2D eigenvalue weighted by Gasteiger charge is -2.52. The molecule has 0 spiro atoms. The predicted molar refractivity (Wildman–Crippen MR) is 65.8 cm³/mol. The Morgan fingerprint density at radius 2 is 1.76 bits per heavy atom. The van der Waals surface area contributed by atoms with Gasteiger partial charge in [0.25, 0.3) is 0 Å². The van der Waals surface area contributed by atoms with Crippen LogP contribution in [0.5, 0.6) is 0 Å². The minimum atomic E-state index is -0.553. The van der Waals surface area contributed by atoms with E-state index >= 15 is 0 Å². The molecule has 2 saturated carbocycles. The number of nitrogens with zero attached hydrogens (tertiary/aromatic N) is 1. The molecule has 4 rings (SSSR count). The number of hydrogen-bond donors (Lipinski definition) is 1. The number of carboxylic acids is 1. The van der Waals surface area contributed by atoms with Gasteiger partial charge in [-0.25, -0.2) is 0 Å². The molecule has 96 valence electrons. The summed E-state index contributed by atoms with van der Waals surface area (Å²) < 4.78 is 0. The van der Waals surface area contributed by atoms with Crippen LogP contribution in [0.2, 0.25) is 0 Å². The Hall–Kier alpha value is -0.570. The Bertz CT molecular complexity index is 299. The van der Waals surface area contributed by atoms with Gasteiger partial charge in [-0.1, -0.05) is 19.3 Å². The Morgan fingerprint density at radius 1 is 1.00 bits per heavy atom. The highest BCUT2D eigenvalue weighted by atomic mass is 16.4. The van der Waals surface area contributed by atoms with Crippen molar-refractivity contribution in [3.8, 4) is 0 Å². The van der Waals surface area contributed by atoms with Gasteiger partial charge in [0.2, 0.25) is 0 Å². The number of carboxylic acid groups (broad SMARTS) is 1. The maximum Gasteiger partial charge on any atom is 0.306 e. The molecule has 2 heterocycles. The van der Waals surface area contributed by atoms with Crippen LogP contribution in [0.15, 0.2) is 0 Å². The van der Waals surface area contributed by atoms with Crippen molar-refractivity contribution in [3.05, 3.63) is 0 Å². The Kier molecular flexibility index (Phi) is 3.12. The van der Waals surface area contributed by atoms with E-state index in [1.165, 1.54) is 38.5 Å². The van der Waals surface area contributed by atoms with Crippen LogP contribution in [0.4, 0.5) is 0 Å². The molecule has 2 aliphatic heterocycles. The average Bonchev–Trinajstić information content (AvgIpc) is 2.40. The molecule has 2 saturated heterocycles. The highest BCUT2D eigenvalue weighted by molar-refractivity contribution is 5.70. The van der Waals surface area contributed by atoms with Crippen molar-refractivity contribution >= 4 is 5.97 Å². The lowest BCUT2D eigenvalue weighted by molar-refractivity contribution is -0.151. The van der Waals surface area contributed by atoms with E-state index in [1.54, 1.807) is 0 Å². The molecule has 2 bridgehead atoms. The first-order valence-electron chi connectivity index (χ1n) is 7.24. The highest BCUT2D eigenvalue weighted by Gasteiger charge is 2.45. The third-order valence-electron chi connectivity index (χ3n) is 5.24. The van der Waals surface area contributed by atoms with Crippen LogP contribution in [0.25, 0.3) is 0 Å². The Morgan fingerprint density at radius 3 is 2.35 bits per heavy atom. The van der Waals surface area contributed by atoms with Gasteiger partial charge in [-0.15, -0.1) is 0 Å². The van der Waals surface area contributed by atoms with E-state index in [0.717, 1.165) is 25.4 Å². The lowest BCUT2D eigenvalue weighted by atomic mass is 9.71. The van der Waals surface area contributed by atoms with E-state index in [1.807, 2.05) is 0 Å². The van der Waals surface area contributed by atoms with Crippen molar-refractivity contribution < 1.29 is 9.90 Å². The van der Waals surface area contributed by atoms with Crippen molar-refractivity contribution in [3.63, 3.8) is 0 Å². The van der Waals surface area contributed by atoms with Crippen LogP contribution in [-0.4, -0.2) is 34.6 Å². The molecule has 0 aromatic carbocycles. The molecule has 2 aliphatic carbocycles. The fourth-order valence-electron chi connectivity index (χ4n) is 4.31. The molecule has 17 heavy (non-hydrogen) atoms. The summed E-state index contributed by atoms with van der Waals surface area (Å²) in [7, 11) is 0. The number of aliphatic carboxylic acids is 1. The van der Waals surface area contributed by atoms with E-state index in [9.17, 15) is 9.90 Å². The van der Waals surface area contributed by atoms with Gasteiger partial charge in [0.05, 0.1) is 5.92 Å². The Labute approximate surface area is 103 Å². The fraction of sp³-hybridized carbons (Fsp3) is 0.929. The largest absolute Gasteiger partial charge is 0.481 e. The number of piperidine rings is 2. The Balaban J connectivity index is 1.68. The van der Waals surface area contributed by atoms with Crippen molar-refractivity contribution in [2.24, 2.45) is 11.8 Å². The number of hydrogen-bond acceptors (Lipinski definition) is 2. The minimum Gasteiger partial charge on any atom is -0.481 e. The molecule has 0 aromatic heterocycles. The SMILES string of the molecule is O=C(O)C1CC2CCC1CN2C1CCCCC1. The predicted octanol–water partition coefficient (Wildman–Crippen LogP) is 2.50. The second kappa shape index (κ2) is 4.60. The molecule has 3 unspecified atom stereocenters. The van der Waals surface area contributed by atoms with Gasteiger partial charge in [-0.05, 0) is 38.0 Å². The topological polar surface area (TPSA) is 40.5 Å². The summed E-state index contributed by atoms with van der Waals surface area (Å²) in [6.45, 7) is 1.06. The molecule has 0 amide bonds. The van der Waals surface area contributed by atoms with Gasteiger partial charge >= 0.3 is 5.97 Å². The summed E-state index contributed by atoms with van der Waals surface area (Å²) in [5.41, 5.74) is 0. The van der Waals surface area contributed by atoms with Crippen molar-refractivity contribution in [1.29, 1.82) is 0 Å². The molecule has 0 radical (unpaired) electrons. The van der Waals surface area contributed by atoms with E-state index in [4.69, 9.17) is 0 Å². The van der Waals surface area contributed by atoms with Crippen molar-refractivity contribution in [2.45, 2.75) is 63.5 Å². The average molecular weight is 237 g/mol. The van der Waals surface area contributed by atoms with Crippen LogP contribution in [0, 0.1) is 11.8 Å². The molecule has 3 nitrogen and oxygen atoms in total. The van der Waals surface area contributed by atoms with Gasteiger partial charge in [0, 0.05) is 18.6 Å². The fourth-order valence-corrected chi connectivity index (χ4v) is 4.31. The van der Waals surface area contributed by atoms with Gasteiger partial charge in [0.1, 0.15) is 0 Å². The van der Waals surface area contributed by atoms with E-state index < -0.39 is 5.97 Å². The summed E-state index contributed by atoms with van der Waals surface area (Å²) in [5, 5.41) is 9.24. The van der Waals surface area contributed by atoms with Crippen LogP contribution >= 0.6 is 0 Å². The minimum absolute atomic E-state index is 0.0476. The van der Waals surface area contributed by atoms with Crippen LogP contribution in [0.1, 0.15) is 51.4 Å². The van der Waals surface area contributed by atoms with Crippen molar-refractivity contribution in [1.82, 2.24) is 4.90 Å². The molecule has 4 aliphatic rings. The van der Waals surface area contributed by atoms with Gasteiger partial charge in [0.15, 0.2) is 0 Å². The zero-order valence-corrected chi connectivity index (χ0v) is 10.5. The van der Waals surface area contributed by atoms with Crippen LogP contribution in [0.3, 0.4) is 0 Å². The van der Waals surface area contributed by atoms with Gasteiger partial charge in [-0.3, -0.25) is 9.69 Å². The second-order valence-corrected chi connectivity index (χ2v) is 6.16. The summed E-state index contributed by atoms with van der Waals surface area (Å²) in [5.74, 6) is -0.170. The highest BCUT2D eigenvalue weighted by Crippen LogP contribution is 2.42. The molecular formula is C14H23NO2. The second-order valence-electron chi connectivity index (χ2n) is 6.16. The van der Waals surface area contributed by atoms with E-state index in [0.29, 0.717) is 12.0 Å². The van der Waals surface area contributed by atoms with Crippen LogP contribution < -0.4 is 0 Å². The molecule has 0 aromatic rings. The summed E-state index contributed by atoms with van der Waals surface area (Å²) in [6, 6.07) is 1.34. The third-order valence-corrected chi connectivity index (χ3v) is 5.24. The van der Waals surface area contributed by atoms with Crippen LogP contribution in [-0.2, 0) is 4.79 Å². The monoisotopic (exact) mass is 237 g/mol. The molecular weight excluding hydrogens is 214 g/mol. The smallest absolute Gasteiger partial charge is 0.306 e. The van der Waals surface area contributed by atoms with E-state index in [2.05, 4.69) is 4.90 Å². The third kappa shape index (κ3) is 2.10. The zero-order valence-electron chi connectivity index (χ0n) is 10.5. The van der Waals surface area contributed by atoms with Gasteiger partial charge in [-0.2, -0.15) is 0 Å². The van der Waals surface area contributed by atoms with Gasteiger partial charge < -0.3 is 5.11 Å². The lowest BCUT2D eigenvalue weighted by Crippen LogP contribution is -2.57. The number of fused-ring (bicyclic) bond motifs is 3. The molecule has 3 heteroatoms. The summed E-state index contributed by atoms with van der Waals surface area (Å²) in [6.07, 6.45) is 10.1. The molecule has 1 N–H and O–H groups in total. The quantitative estimate of drug-likeness (QED) is 0.802. The zero-order chi connectivity index (χ0) is 11.8. The maximum atomic E-state index is 11.2. The maximum absolute atomic E-state index is 11.2. The molecule has 3 atom stereocenters. The van der Waals surface area contributed by atoms with Crippen molar-refractivity contribution in [2.75, 3.05) is 6.54 Å². The first-order valence-corrected chi connectivity index (χ1v) is 7.24. The molecule has 4 fully saturated rings. The first-order chi connectivity index (χ1) is 8.25. The normalized spacial score (nSPS) is 39.4. The summed E-state index contributed by atoms with van der Waals surface area (Å²) in [4.78, 5) is 13.9. The van der Waals surface area contributed by atoms with E-state index in [-0.39, 0.29) is 5.92 Å². The first kappa shape index (κ1) is 11.5. The number of carbonyl (C=O) groups is 1. The standard InChI is InChI=1S/C14H23NO2/c16-14(17)13-8-12-7-6-10(13)9-15(12)11-4-2-1-3-5-11/h10-13H,1-9H2,(H,16,17). The summed E-state index contributed by atoms with van der Waals surface area (Å²) >= 11 is 0. The number of rotatable bonds is 2.